The summed E-state index contributed by atoms with van der Waals surface area (Å²) in [7, 11) is 0. The van der Waals surface area contributed by atoms with Crippen molar-refractivity contribution in [3.63, 3.8) is 0 Å². The lowest BCUT2D eigenvalue weighted by molar-refractivity contribution is 0.0391. The molecule has 0 radical (unpaired) electrons. The Balaban J connectivity index is 1.82. The standard InChI is InChI=1S/C13H24O/c1-10-6-7-13(14)12(8-10)9-11-4-2-3-5-11/h10-14H,2-9H2,1H3. The van der Waals surface area contributed by atoms with E-state index in [9.17, 15) is 5.11 Å². The second-order valence-electron chi connectivity index (χ2n) is 5.63. The Labute approximate surface area is 87.9 Å². The van der Waals surface area contributed by atoms with Crippen LogP contribution in [0.5, 0.6) is 0 Å². The fourth-order valence-electron chi connectivity index (χ4n) is 3.41. The molecule has 0 amide bonds. The van der Waals surface area contributed by atoms with Gasteiger partial charge in [-0.2, -0.15) is 0 Å². The molecule has 3 atom stereocenters. The van der Waals surface area contributed by atoms with Crippen LogP contribution in [0.1, 0.15) is 58.3 Å². The zero-order chi connectivity index (χ0) is 9.97. The summed E-state index contributed by atoms with van der Waals surface area (Å²) in [5.74, 6) is 2.42. The summed E-state index contributed by atoms with van der Waals surface area (Å²) >= 11 is 0. The molecule has 3 unspecified atom stereocenters. The van der Waals surface area contributed by atoms with Crippen molar-refractivity contribution in [3.8, 4) is 0 Å². The van der Waals surface area contributed by atoms with E-state index in [0.717, 1.165) is 18.3 Å². The van der Waals surface area contributed by atoms with Crippen molar-refractivity contribution in [1.82, 2.24) is 0 Å². The molecule has 1 nitrogen and oxygen atoms in total. The average Bonchev–Trinajstić information content (AvgIpc) is 2.64. The third-order valence-corrected chi connectivity index (χ3v) is 4.32. The second kappa shape index (κ2) is 4.65. The predicted octanol–water partition coefficient (Wildman–Crippen LogP) is 3.36. The SMILES string of the molecule is CC1CCC(O)C(CC2CCCC2)C1. The van der Waals surface area contributed by atoms with Gasteiger partial charge in [0, 0.05) is 0 Å². The molecule has 14 heavy (non-hydrogen) atoms. The first kappa shape index (κ1) is 10.5. The van der Waals surface area contributed by atoms with E-state index in [-0.39, 0.29) is 6.10 Å². The molecule has 0 aromatic heterocycles. The highest BCUT2D eigenvalue weighted by Gasteiger charge is 2.29. The number of hydrogen-bond acceptors (Lipinski definition) is 1. The third-order valence-electron chi connectivity index (χ3n) is 4.32. The van der Waals surface area contributed by atoms with Gasteiger partial charge in [-0.3, -0.25) is 0 Å². The molecule has 2 fully saturated rings. The highest BCUT2D eigenvalue weighted by molar-refractivity contribution is 4.81. The quantitative estimate of drug-likeness (QED) is 0.718. The van der Waals surface area contributed by atoms with Gasteiger partial charge in [0.25, 0.3) is 0 Å². The molecule has 82 valence electrons. The zero-order valence-corrected chi connectivity index (χ0v) is 9.41. The Hall–Kier alpha value is -0.0400. The topological polar surface area (TPSA) is 20.2 Å². The highest BCUT2D eigenvalue weighted by atomic mass is 16.3. The molecule has 0 aliphatic heterocycles. The summed E-state index contributed by atoms with van der Waals surface area (Å²) in [5.41, 5.74) is 0. The molecule has 0 saturated heterocycles. The molecule has 1 N–H and O–H groups in total. The van der Waals surface area contributed by atoms with Crippen LogP contribution in [0.4, 0.5) is 0 Å². The van der Waals surface area contributed by atoms with E-state index in [2.05, 4.69) is 6.92 Å². The number of hydrogen-bond donors (Lipinski definition) is 1. The van der Waals surface area contributed by atoms with Crippen molar-refractivity contribution >= 4 is 0 Å². The molecule has 1 heteroatoms. The summed E-state index contributed by atoms with van der Waals surface area (Å²) in [5, 5.41) is 9.95. The molecular weight excluding hydrogens is 172 g/mol. The first-order chi connectivity index (χ1) is 6.75. The van der Waals surface area contributed by atoms with E-state index in [4.69, 9.17) is 0 Å². The second-order valence-corrected chi connectivity index (χ2v) is 5.63. The average molecular weight is 196 g/mol. The Morgan fingerprint density at radius 2 is 1.79 bits per heavy atom. The maximum atomic E-state index is 9.95. The van der Waals surface area contributed by atoms with Crippen molar-refractivity contribution in [3.05, 3.63) is 0 Å². The van der Waals surface area contributed by atoms with E-state index < -0.39 is 0 Å². The zero-order valence-electron chi connectivity index (χ0n) is 9.41. The molecule has 2 aliphatic rings. The van der Waals surface area contributed by atoms with Crippen LogP contribution in [-0.2, 0) is 0 Å². The lowest BCUT2D eigenvalue weighted by Crippen LogP contribution is -2.29. The normalized spacial score (nSPS) is 40.3. The van der Waals surface area contributed by atoms with E-state index in [1.165, 1.54) is 44.9 Å². The number of aliphatic hydroxyl groups excluding tert-OH is 1. The van der Waals surface area contributed by atoms with Crippen molar-refractivity contribution in [2.24, 2.45) is 17.8 Å². The minimum absolute atomic E-state index is 0.0202. The first-order valence-corrected chi connectivity index (χ1v) is 6.43. The summed E-state index contributed by atoms with van der Waals surface area (Å²) in [6.07, 6.45) is 10.6. The fraction of sp³-hybridized carbons (Fsp3) is 1.00. The van der Waals surface area contributed by atoms with Crippen LogP contribution in [0.3, 0.4) is 0 Å². The van der Waals surface area contributed by atoms with Crippen molar-refractivity contribution in [1.29, 1.82) is 0 Å². The monoisotopic (exact) mass is 196 g/mol. The van der Waals surface area contributed by atoms with E-state index >= 15 is 0 Å². The Morgan fingerprint density at radius 3 is 2.50 bits per heavy atom. The van der Waals surface area contributed by atoms with Gasteiger partial charge in [0.1, 0.15) is 0 Å². The van der Waals surface area contributed by atoms with Gasteiger partial charge in [-0.25, -0.2) is 0 Å². The van der Waals surface area contributed by atoms with E-state index in [1.807, 2.05) is 0 Å². The molecule has 0 aromatic rings. The van der Waals surface area contributed by atoms with Gasteiger partial charge in [0.15, 0.2) is 0 Å². The molecule has 2 saturated carbocycles. The highest BCUT2D eigenvalue weighted by Crippen LogP contribution is 2.37. The molecule has 0 spiro atoms. The number of rotatable bonds is 2. The molecule has 0 aromatic carbocycles. The van der Waals surface area contributed by atoms with Crippen LogP contribution in [0.25, 0.3) is 0 Å². The van der Waals surface area contributed by atoms with E-state index in [1.54, 1.807) is 0 Å². The van der Waals surface area contributed by atoms with Crippen molar-refractivity contribution in [2.45, 2.75) is 64.4 Å². The van der Waals surface area contributed by atoms with Crippen LogP contribution in [0.2, 0.25) is 0 Å². The minimum Gasteiger partial charge on any atom is -0.393 e. The van der Waals surface area contributed by atoms with Crippen molar-refractivity contribution < 1.29 is 5.11 Å². The van der Waals surface area contributed by atoms with Crippen LogP contribution < -0.4 is 0 Å². The molecule has 2 aliphatic carbocycles. The van der Waals surface area contributed by atoms with Crippen LogP contribution >= 0.6 is 0 Å². The van der Waals surface area contributed by atoms with Gasteiger partial charge in [0.2, 0.25) is 0 Å². The van der Waals surface area contributed by atoms with Gasteiger partial charge in [-0.15, -0.1) is 0 Å². The molecule has 0 bridgehead atoms. The predicted molar refractivity (Wildman–Crippen MR) is 59.1 cm³/mol. The lowest BCUT2D eigenvalue weighted by Gasteiger charge is -2.33. The van der Waals surface area contributed by atoms with Crippen LogP contribution in [0.15, 0.2) is 0 Å². The summed E-state index contributed by atoms with van der Waals surface area (Å²) in [4.78, 5) is 0. The summed E-state index contributed by atoms with van der Waals surface area (Å²) in [6.45, 7) is 2.34. The van der Waals surface area contributed by atoms with Gasteiger partial charge in [-0.1, -0.05) is 32.6 Å². The molecular formula is C13H24O. The van der Waals surface area contributed by atoms with Crippen molar-refractivity contribution in [2.75, 3.05) is 0 Å². The Morgan fingerprint density at radius 1 is 1.07 bits per heavy atom. The van der Waals surface area contributed by atoms with Gasteiger partial charge in [0.05, 0.1) is 6.10 Å². The van der Waals surface area contributed by atoms with Crippen LogP contribution in [0, 0.1) is 17.8 Å². The summed E-state index contributed by atoms with van der Waals surface area (Å²) < 4.78 is 0. The van der Waals surface area contributed by atoms with Gasteiger partial charge >= 0.3 is 0 Å². The largest absolute Gasteiger partial charge is 0.393 e. The maximum absolute atomic E-state index is 9.95. The van der Waals surface area contributed by atoms with Gasteiger partial charge in [-0.05, 0) is 43.4 Å². The van der Waals surface area contributed by atoms with E-state index in [0.29, 0.717) is 5.92 Å². The first-order valence-electron chi connectivity index (χ1n) is 6.43. The Kier molecular flexibility index (Phi) is 3.48. The smallest absolute Gasteiger partial charge is 0.0568 e. The number of aliphatic hydroxyl groups is 1. The van der Waals surface area contributed by atoms with Crippen LogP contribution in [-0.4, -0.2) is 11.2 Å². The van der Waals surface area contributed by atoms with Gasteiger partial charge < -0.3 is 5.11 Å². The maximum Gasteiger partial charge on any atom is 0.0568 e. The Bertz CT molecular complexity index is 172. The summed E-state index contributed by atoms with van der Waals surface area (Å²) in [6, 6.07) is 0. The lowest BCUT2D eigenvalue weighted by atomic mass is 9.76. The minimum atomic E-state index is 0.0202. The molecule has 2 rings (SSSR count). The third kappa shape index (κ3) is 2.50. The molecule has 0 heterocycles. The fourth-order valence-corrected chi connectivity index (χ4v) is 3.41.